The average molecular weight is 866 g/mol. The number of piperazine rings is 1. The summed E-state index contributed by atoms with van der Waals surface area (Å²) < 4.78 is 18.7. The summed E-state index contributed by atoms with van der Waals surface area (Å²) in [5.41, 5.74) is 4.05. The Morgan fingerprint density at radius 1 is 0.852 bits per heavy atom. The molecule has 6 heterocycles. The van der Waals surface area contributed by atoms with E-state index in [9.17, 15) is 23.7 Å². The van der Waals surface area contributed by atoms with Crippen molar-refractivity contribution in [3.8, 4) is 5.75 Å². The van der Waals surface area contributed by atoms with Gasteiger partial charge in [0.05, 0.1) is 35.8 Å². The first-order valence-corrected chi connectivity index (χ1v) is 23.8. The molecule has 5 aliphatic rings. The van der Waals surface area contributed by atoms with Gasteiger partial charge in [0.2, 0.25) is 17.8 Å². The van der Waals surface area contributed by atoms with Crippen LogP contribution in [0.1, 0.15) is 59.2 Å². The summed E-state index contributed by atoms with van der Waals surface area (Å²) in [6.07, 6.45) is 6.04. The number of benzene rings is 3. The number of hydrogen-bond donors (Lipinski definition) is 3. The fourth-order valence-electron chi connectivity index (χ4n) is 9.71. The summed E-state index contributed by atoms with van der Waals surface area (Å²) in [5, 5.41) is 9.83. The van der Waals surface area contributed by atoms with Gasteiger partial charge < -0.3 is 29.7 Å². The van der Waals surface area contributed by atoms with Gasteiger partial charge in [0, 0.05) is 74.0 Å². The van der Waals surface area contributed by atoms with E-state index in [4.69, 9.17) is 16.3 Å². The number of piperidine rings is 2. The largest absolute Gasteiger partial charge is 0.494 e. The molecule has 4 saturated heterocycles. The van der Waals surface area contributed by atoms with Crippen molar-refractivity contribution >= 4 is 82.2 Å². The predicted octanol–water partition coefficient (Wildman–Crippen LogP) is 5.84. The van der Waals surface area contributed by atoms with Gasteiger partial charge in [0.15, 0.2) is 5.82 Å². The van der Waals surface area contributed by atoms with Gasteiger partial charge in [-0.15, -0.1) is 0 Å². The van der Waals surface area contributed by atoms with Crippen molar-refractivity contribution in [1.82, 2.24) is 25.1 Å². The lowest BCUT2D eigenvalue weighted by molar-refractivity contribution is -0.136. The van der Waals surface area contributed by atoms with Crippen LogP contribution in [0, 0.1) is 5.92 Å². The number of carbonyl (C=O) groups excluding carboxylic acids is 4. The van der Waals surface area contributed by atoms with Crippen molar-refractivity contribution in [2.75, 3.05) is 73.6 Å². The maximum atomic E-state index is 13.5. The van der Waals surface area contributed by atoms with Gasteiger partial charge in [0.1, 0.15) is 24.0 Å². The lowest BCUT2D eigenvalue weighted by atomic mass is 9.95. The highest BCUT2D eigenvalue weighted by Gasteiger charge is 2.46. The number of para-hydroxylation sites is 1. The van der Waals surface area contributed by atoms with E-state index in [2.05, 4.69) is 46.7 Å². The number of likely N-dealkylation sites (tertiary alicyclic amines) is 1. The highest BCUT2D eigenvalue weighted by molar-refractivity contribution is 7.70. The molecule has 15 nitrogen and oxygen atoms in total. The molecule has 3 unspecified atom stereocenters. The number of anilines is 6. The van der Waals surface area contributed by atoms with Crippen LogP contribution in [0.4, 0.5) is 34.5 Å². The second-order valence-corrected chi connectivity index (χ2v) is 20.6. The summed E-state index contributed by atoms with van der Waals surface area (Å²) >= 11 is 6.49. The molecular formula is C44H49ClN9O6P. The molecule has 4 aromatic rings. The number of halogens is 1. The molecule has 3 aromatic carbocycles. The van der Waals surface area contributed by atoms with Gasteiger partial charge in [-0.3, -0.25) is 34.3 Å². The van der Waals surface area contributed by atoms with Crippen molar-refractivity contribution in [2.45, 2.75) is 56.7 Å². The van der Waals surface area contributed by atoms with Crippen molar-refractivity contribution in [1.29, 1.82) is 0 Å². The fraction of sp³-hybridized carbons (Fsp3) is 0.409. The number of nitrogens with one attached hydrogen (secondary N) is 3. The first kappa shape index (κ1) is 40.9. The van der Waals surface area contributed by atoms with Crippen LogP contribution in [-0.2, 0) is 14.2 Å². The fourth-order valence-corrected chi connectivity index (χ4v) is 11.0. The quantitative estimate of drug-likeness (QED) is 0.122. The van der Waals surface area contributed by atoms with E-state index in [1.165, 1.54) is 6.20 Å². The monoisotopic (exact) mass is 865 g/mol. The molecule has 1 aromatic heterocycles. The number of rotatable bonds is 11. The van der Waals surface area contributed by atoms with E-state index in [0.717, 1.165) is 74.7 Å². The van der Waals surface area contributed by atoms with Crippen LogP contribution < -0.4 is 35.8 Å². The molecular weight excluding hydrogens is 817 g/mol. The number of fused-ring (bicyclic) bond motifs is 3. The zero-order chi connectivity index (χ0) is 42.6. The molecule has 61 heavy (non-hydrogen) atoms. The maximum Gasteiger partial charge on any atom is 0.262 e. The third-order valence-electron chi connectivity index (χ3n) is 12.7. The highest BCUT2D eigenvalue weighted by atomic mass is 35.5. The Labute approximate surface area is 359 Å². The van der Waals surface area contributed by atoms with Crippen LogP contribution in [-0.4, -0.2) is 115 Å². The standard InChI is InChI=1S/C44H49ClN9O6P/c1-60-37-21-27(11-13-34(37)48-44-46-22-33(45)40(50-44)47-35-6-4-5-7-38(35)61(2,3)59)52-18-16-26(17-19-52)23-51-24-29-8-9-30(25-51)53(29)28-10-12-31-32(20-28)43(58)54(42(31)57)36-14-15-39(55)49-41(36)56/h4-7,10-13,20-22,26,29-30,36H,8-9,14-19,23-25H2,1-3H3,(H,49,55,56)(H2,46,47,48,50). The Hall–Kier alpha value is -5.50. The van der Waals surface area contributed by atoms with E-state index in [-0.39, 0.29) is 18.7 Å². The van der Waals surface area contributed by atoms with Crippen LogP contribution in [0.15, 0.2) is 66.9 Å². The number of methoxy groups -OCH3 is 1. The van der Waals surface area contributed by atoms with Crippen LogP contribution in [0.25, 0.3) is 0 Å². The Morgan fingerprint density at radius 2 is 1.57 bits per heavy atom. The third-order valence-corrected chi connectivity index (χ3v) is 14.5. The smallest absolute Gasteiger partial charge is 0.262 e. The van der Waals surface area contributed by atoms with Crippen molar-refractivity contribution < 1.29 is 28.5 Å². The SMILES string of the molecule is COc1cc(N2CCC(CN3CC4CCC(C3)N4c3ccc4c(c3)C(=O)N(C3CCC(=O)NC3=O)C4=O)CC2)ccc1Nc1ncc(Cl)c(Nc2ccccc2P(C)(C)=O)n1. The van der Waals surface area contributed by atoms with Crippen LogP contribution in [0.5, 0.6) is 5.75 Å². The lowest BCUT2D eigenvalue weighted by Gasteiger charge is -2.44. The summed E-state index contributed by atoms with van der Waals surface area (Å²) in [5.74, 6) is 0.0212. The number of carbonyl (C=O) groups is 4. The van der Waals surface area contributed by atoms with Crippen molar-refractivity contribution in [3.05, 3.63) is 83.0 Å². The summed E-state index contributed by atoms with van der Waals surface area (Å²) in [6.45, 7) is 8.25. The highest BCUT2D eigenvalue weighted by Crippen LogP contribution is 2.41. The summed E-state index contributed by atoms with van der Waals surface area (Å²) in [6, 6.07) is 18.7. The zero-order valence-electron chi connectivity index (χ0n) is 34.4. The van der Waals surface area contributed by atoms with E-state index in [0.29, 0.717) is 68.3 Å². The number of amides is 4. The third kappa shape index (κ3) is 8.06. The molecule has 3 atom stereocenters. The Balaban J connectivity index is 0.797. The molecule has 0 saturated carbocycles. The minimum atomic E-state index is -2.56. The van der Waals surface area contributed by atoms with E-state index in [1.807, 2.05) is 48.5 Å². The van der Waals surface area contributed by atoms with Crippen LogP contribution in [0.3, 0.4) is 0 Å². The molecule has 5 aliphatic heterocycles. The number of aromatic nitrogens is 2. The maximum absolute atomic E-state index is 13.5. The number of ether oxygens (including phenoxy) is 1. The lowest BCUT2D eigenvalue weighted by Crippen LogP contribution is -2.55. The van der Waals surface area contributed by atoms with Gasteiger partial charge >= 0.3 is 0 Å². The molecule has 318 valence electrons. The number of nitrogens with zero attached hydrogens (tertiary/aromatic N) is 6. The van der Waals surface area contributed by atoms with Crippen LogP contribution in [0.2, 0.25) is 5.02 Å². The molecule has 4 fully saturated rings. The van der Waals surface area contributed by atoms with E-state index < -0.39 is 30.9 Å². The second kappa shape index (κ2) is 16.4. The minimum absolute atomic E-state index is 0.0927. The molecule has 0 spiro atoms. The molecule has 0 radical (unpaired) electrons. The Morgan fingerprint density at radius 3 is 2.30 bits per heavy atom. The van der Waals surface area contributed by atoms with Crippen molar-refractivity contribution in [2.24, 2.45) is 5.92 Å². The predicted molar refractivity (Wildman–Crippen MR) is 236 cm³/mol. The van der Waals surface area contributed by atoms with Crippen molar-refractivity contribution in [3.63, 3.8) is 0 Å². The molecule has 4 amide bonds. The first-order chi connectivity index (χ1) is 29.3. The molecule has 3 N–H and O–H groups in total. The van der Waals surface area contributed by atoms with Gasteiger partial charge in [-0.05, 0) is 93.8 Å². The van der Waals surface area contributed by atoms with E-state index in [1.54, 1.807) is 26.5 Å². The average Bonchev–Trinajstić information content (AvgIpc) is 3.65. The first-order valence-electron chi connectivity index (χ1n) is 20.8. The van der Waals surface area contributed by atoms with Gasteiger partial charge in [0.25, 0.3) is 11.8 Å². The Kier molecular flexibility index (Phi) is 11.0. The number of hydrogen-bond acceptors (Lipinski definition) is 13. The Bertz CT molecular complexity index is 2460. The zero-order valence-corrected chi connectivity index (χ0v) is 36.0. The summed E-state index contributed by atoms with van der Waals surface area (Å²) in [7, 11) is -0.913. The molecule has 0 aliphatic carbocycles. The normalized spacial score (nSPS) is 22.1. The minimum Gasteiger partial charge on any atom is -0.494 e. The van der Waals surface area contributed by atoms with E-state index >= 15 is 0 Å². The molecule has 17 heteroatoms. The molecule has 9 rings (SSSR count). The van der Waals surface area contributed by atoms with Gasteiger partial charge in [-0.1, -0.05) is 23.7 Å². The number of imide groups is 2. The second-order valence-electron chi connectivity index (χ2n) is 17.0. The summed E-state index contributed by atoms with van der Waals surface area (Å²) in [4.78, 5) is 68.6. The van der Waals surface area contributed by atoms with Gasteiger partial charge in [-0.2, -0.15) is 4.98 Å². The molecule has 2 bridgehead atoms. The van der Waals surface area contributed by atoms with Crippen LogP contribution >= 0.6 is 18.7 Å². The topological polar surface area (TPSA) is 169 Å². The van der Waals surface area contributed by atoms with Gasteiger partial charge in [-0.25, -0.2) is 4.98 Å².